The normalized spacial score (nSPS) is 41.9. The standard InChI is InChI=1S/C21H30O2/c1-5-17(14-9-7-6-8-10-14)22-18-13-15-16-11-12-21(4,19(15)23-18)20(16,2)3/h6-10,15-19H,5,11-13H2,1-4H3/t15-,16-,17?,18-,19-,21+/m1/s1. The smallest absolute Gasteiger partial charge is 0.159 e. The molecule has 0 amide bonds. The summed E-state index contributed by atoms with van der Waals surface area (Å²) >= 11 is 0. The van der Waals surface area contributed by atoms with Crippen LogP contribution in [0.3, 0.4) is 0 Å². The molecule has 126 valence electrons. The minimum atomic E-state index is -0.0221. The molecule has 2 heteroatoms. The second kappa shape index (κ2) is 5.32. The van der Waals surface area contributed by atoms with E-state index >= 15 is 0 Å². The number of hydrogen-bond acceptors (Lipinski definition) is 2. The maximum atomic E-state index is 6.49. The van der Waals surface area contributed by atoms with Crippen LogP contribution in [0.15, 0.2) is 30.3 Å². The summed E-state index contributed by atoms with van der Waals surface area (Å²) in [4.78, 5) is 0. The first-order valence-electron chi connectivity index (χ1n) is 9.33. The summed E-state index contributed by atoms with van der Waals surface area (Å²) in [6.45, 7) is 9.57. The number of rotatable bonds is 4. The molecular weight excluding hydrogens is 284 g/mol. The van der Waals surface area contributed by atoms with Crippen LogP contribution in [0.5, 0.6) is 0 Å². The van der Waals surface area contributed by atoms with Gasteiger partial charge in [-0.1, -0.05) is 58.0 Å². The van der Waals surface area contributed by atoms with Gasteiger partial charge in [0, 0.05) is 6.42 Å². The van der Waals surface area contributed by atoms with Crippen molar-refractivity contribution < 1.29 is 9.47 Å². The van der Waals surface area contributed by atoms with Gasteiger partial charge in [0.05, 0.1) is 12.2 Å². The number of fused-ring (bicyclic) bond motifs is 5. The highest BCUT2D eigenvalue weighted by Crippen LogP contribution is 2.71. The van der Waals surface area contributed by atoms with Gasteiger partial charge in [0.15, 0.2) is 6.29 Å². The number of benzene rings is 1. The molecule has 2 saturated carbocycles. The van der Waals surface area contributed by atoms with Crippen LogP contribution in [0.1, 0.15) is 65.0 Å². The maximum absolute atomic E-state index is 6.49. The first-order chi connectivity index (χ1) is 11.0. The van der Waals surface area contributed by atoms with Gasteiger partial charge in [0.25, 0.3) is 0 Å². The molecule has 2 aliphatic carbocycles. The molecule has 0 spiro atoms. The molecule has 3 aliphatic rings. The number of ether oxygens (including phenoxy) is 2. The third-order valence-electron chi connectivity index (χ3n) is 7.53. The lowest BCUT2D eigenvalue weighted by molar-refractivity contribution is -0.188. The molecule has 0 aromatic heterocycles. The fourth-order valence-electron chi connectivity index (χ4n) is 5.83. The van der Waals surface area contributed by atoms with Crippen molar-refractivity contribution in [1.29, 1.82) is 0 Å². The summed E-state index contributed by atoms with van der Waals surface area (Å²) in [6, 6.07) is 10.6. The third-order valence-corrected chi connectivity index (χ3v) is 7.53. The van der Waals surface area contributed by atoms with Crippen LogP contribution in [-0.4, -0.2) is 12.4 Å². The highest BCUT2D eigenvalue weighted by Gasteiger charge is 2.69. The molecule has 2 bridgehead atoms. The lowest BCUT2D eigenvalue weighted by Crippen LogP contribution is -2.38. The zero-order valence-electron chi connectivity index (χ0n) is 14.9. The number of hydrogen-bond donors (Lipinski definition) is 0. The van der Waals surface area contributed by atoms with Gasteiger partial charge in [-0.05, 0) is 47.5 Å². The second-order valence-electron chi connectivity index (χ2n) is 8.61. The molecule has 0 radical (unpaired) electrons. The van der Waals surface area contributed by atoms with E-state index in [1.165, 1.54) is 18.4 Å². The van der Waals surface area contributed by atoms with Gasteiger partial charge in [0.2, 0.25) is 0 Å². The van der Waals surface area contributed by atoms with Crippen molar-refractivity contribution in [2.45, 2.75) is 71.9 Å². The first-order valence-corrected chi connectivity index (χ1v) is 9.33. The van der Waals surface area contributed by atoms with E-state index in [2.05, 4.69) is 58.0 Å². The molecule has 2 nitrogen and oxygen atoms in total. The Morgan fingerprint density at radius 2 is 1.96 bits per heavy atom. The van der Waals surface area contributed by atoms with Crippen molar-refractivity contribution in [2.75, 3.05) is 0 Å². The minimum Gasteiger partial charge on any atom is -0.349 e. The zero-order valence-corrected chi connectivity index (χ0v) is 14.9. The fraction of sp³-hybridized carbons (Fsp3) is 0.714. The Morgan fingerprint density at radius 3 is 2.61 bits per heavy atom. The quantitative estimate of drug-likeness (QED) is 0.746. The zero-order chi connectivity index (χ0) is 16.2. The molecular formula is C21H30O2. The molecule has 1 heterocycles. The Bertz CT molecular complexity index is 566. The predicted octanol–water partition coefficient (Wildman–Crippen LogP) is 5.34. The minimum absolute atomic E-state index is 0.0221. The van der Waals surface area contributed by atoms with E-state index in [-0.39, 0.29) is 12.4 Å². The van der Waals surface area contributed by atoms with Crippen molar-refractivity contribution in [3.8, 4) is 0 Å². The van der Waals surface area contributed by atoms with Crippen LogP contribution in [0.25, 0.3) is 0 Å². The molecule has 1 unspecified atom stereocenters. The Morgan fingerprint density at radius 1 is 1.22 bits per heavy atom. The van der Waals surface area contributed by atoms with Crippen molar-refractivity contribution in [3.63, 3.8) is 0 Å². The van der Waals surface area contributed by atoms with E-state index in [4.69, 9.17) is 9.47 Å². The van der Waals surface area contributed by atoms with Crippen molar-refractivity contribution in [1.82, 2.24) is 0 Å². The molecule has 0 N–H and O–H groups in total. The molecule has 1 saturated heterocycles. The van der Waals surface area contributed by atoms with Gasteiger partial charge in [0.1, 0.15) is 0 Å². The van der Waals surface area contributed by atoms with Crippen LogP contribution in [0.2, 0.25) is 0 Å². The summed E-state index contributed by atoms with van der Waals surface area (Å²) in [7, 11) is 0. The maximum Gasteiger partial charge on any atom is 0.159 e. The highest BCUT2D eigenvalue weighted by molar-refractivity contribution is 5.18. The topological polar surface area (TPSA) is 18.5 Å². The van der Waals surface area contributed by atoms with E-state index in [9.17, 15) is 0 Å². The van der Waals surface area contributed by atoms with Gasteiger partial charge in [-0.2, -0.15) is 0 Å². The summed E-state index contributed by atoms with van der Waals surface area (Å²) in [6.07, 6.45) is 5.29. The van der Waals surface area contributed by atoms with Gasteiger partial charge in [-0.3, -0.25) is 0 Å². The van der Waals surface area contributed by atoms with Crippen LogP contribution in [-0.2, 0) is 9.47 Å². The van der Waals surface area contributed by atoms with Crippen molar-refractivity contribution >= 4 is 0 Å². The monoisotopic (exact) mass is 314 g/mol. The summed E-state index contributed by atoms with van der Waals surface area (Å²) in [5.41, 5.74) is 2.01. The third kappa shape index (κ3) is 2.14. The average molecular weight is 314 g/mol. The molecule has 1 aromatic rings. The molecule has 1 aliphatic heterocycles. The van der Waals surface area contributed by atoms with E-state index < -0.39 is 0 Å². The van der Waals surface area contributed by atoms with Crippen LogP contribution >= 0.6 is 0 Å². The van der Waals surface area contributed by atoms with E-state index in [0.29, 0.717) is 22.9 Å². The van der Waals surface area contributed by atoms with Crippen LogP contribution in [0.4, 0.5) is 0 Å². The highest BCUT2D eigenvalue weighted by atomic mass is 16.7. The fourth-order valence-corrected chi connectivity index (χ4v) is 5.83. The van der Waals surface area contributed by atoms with Gasteiger partial charge in [-0.15, -0.1) is 0 Å². The van der Waals surface area contributed by atoms with E-state index in [1.54, 1.807) is 0 Å². The molecule has 4 rings (SSSR count). The molecule has 1 aromatic carbocycles. The largest absolute Gasteiger partial charge is 0.349 e. The van der Waals surface area contributed by atoms with Crippen molar-refractivity contribution in [3.05, 3.63) is 35.9 Å². The Hall–Kier alpha value is -0.860. The first kappa shape index (κ1) is 15.7. The average Bonchev–Trinajstić information content (AvgIpc) is 3.11. The van der Waals surface area contributed by atoms with Gasteiger partial charge in [-0.25, -0.2) is 0 Å². The Kier molecular flexibility index (Phi) is 3.62. The molecule has 6 atom stereocenters. The van der Waals surface area contributed by atoms with Gasteiger partial charge >= 0.3 is 0 Å². The second-order valence-corrected chi connectivity index (χ2v) is 8.61. The Balaban J connectivity index is 1.48. The Labute approximate surface area is 140 Å². The van der Waals surface area contributed by atoms with E-state index in [1.807, 2.05) is 0 Å². The SMILES string of the molecule is CCC(O[C@H]1C[C@@H]2[C@H]3CC[C@@](C)([C@@H]2O1)C3(C)C)c1ccccc1. The van der Waals surface area contributed by atoms with E-state index in [0.717, 1.165) is 18.8 Å². The van der Waals surface area contributed by atoms with Crippen molar-refractivity contribution in [2.24, 2.45) is 22.7 Å². The summed E-state index contributed by atoms with van der Waals surface area (Å²) in [5.74, 6) is 1.50. The summed E-state index contributed by atoms with van der Waals surface area (Å²) < 4.78 is 12.9. The van der Waals surface area contributed by atoms with Crippen LogP contribution in [0, 0.1) is 22.7 Å². The lowest BCUT2D eigenvalue weighted by atomic mass is 9.70. The van der Waals surface area contributed by atoms with Crippen LogP contribution < -0.4 is 0 Å². The summed E-state index contributed by atoms with van der Waals surface area (Å²) in [5, 5.41) is 0. The molecule has 23 heavy (non-hydrogen) atoms. The molecule has 3 fully saturated rings. The predicted molar refractivity (Wildman–Crippen MR) is 91.9 cm³/mol. The van der Waals surface area contributed by atoms with Gasteiger partial charge < -0.3 is 9.47 Å². The lowest BCUT2D eigenvalue weighted by Gasteiger charge is -2.39.